The van der Waals surface area contributed by atoms with Crippen molar-refractivity contribution in [2.45, 2.75) is 114 Å². The van der Waals surface area contributed by atoms with Crippen LogP contribution in [-0.4, -0.2) is 144 Å². The first-order chi connectivity index (χ1) is 29.5. The van der Waals surface area contributed by atoms with Gasteiger partial charge in [-0.3, -0.25) is 24.1 Å². The molecule has 0 bridgehead atoms. The molecule has 3 aromatic rings. The maximum absolute atomic E-state index is 14.5. The molecule has 1 aromatic heterocycles. The SMILES string of the molecule is C[C@@H]1C[C@H]2C(=O)O[C@@H](C)[C@H](NC(=O)[C@H](Cc3cc(F)cc(F)c3)NC(=O)Nc3ccc4ncn(C)c4c3)C(O)N3C[C@H](O)C[C@H]3C(=O)N3CCCC[C@H]3C(=O)N[C@@H](C)C(=O)N2C1. The molecule has 334 valence electrons. The van der Waals surface area contributed by atoms with E-state index < -0.39 is 108 Å². The minimum absolute atomic E-state index is 0.0000536. The fraction of sp³-hybridized carbons (Fsp3) is 0.548. The summed E-state index contributed by atoms with van der Waals surface area (Å²) in [7, 11) is 1.77. The number of hydrogen-bond acceptors (Lipinski definition) is 11. The molecule has 4 saturated heterocycles. The van der Waals surface area contributed by atoms with E-state index in [9.17, 15) is 47.8 Å². The average Bonchev–Trinajstić information content (AvgIpc) is 3.93. The number of benzene rings is 2. The van der Waals surface area contributed by atoms with Gasteiger partial charge in [0.15, 0.2) is 0 Å². The average molecular weight is 866 g/mol. The Morgan fingerprint density at radius 2 is 1.68 bits per heavy atom. The van der Waals surface area contributed by atoms with Crippen molar-refractivity contribution in [3.8, 4) is 0 Å². The summed E-state index contributed by atoms with van der Waals surface area (Å²) in [6.07, 6.45) is -1.57. The Labute approximate surface area is 356 Å². The van der Waals surface area contributed by atoms with E-state index in [0.717, 1.165) is 12.1 Å². The molecule has 6 amide bonds. The molecule has 0 radical (unpaired) electrons. The van der Waals surface area contributed by atoms with Crippen LogP contribution in [0.2, 0.25) is 0 Å². The Bertz CT molecular complexity index is 2210. The van der Waals surface area contributed by atoms with Crippen molar-refractivity contribution >= 4 is 52.3 Å². The Kier molecular flexibility index (Phi) is 13.1. The molecule has 6 N–H and O–H groups in total. The zero-order valence-corrected chi connectivity index (χ0v) is 34.9. The van der Waals surface area contributed by atoms with E-state index in [0.29, 0.717) is 42.0 Å². The zero-order valence-electron chi connectivity index (χ0n) is 34.9. The predicted molar refractivity (Wildman–Crippen MR) is 218 cm³/mol. The van der Waals surface area contributed by atoms with Crippen molar-refractivity contribution in [2.24, 2.45) is 13.0 Å². The number of carbonyl (C=O) groups is 6. The highest BCUT2D eigenvalue weighted by molar-refractivity contribution is 5.96. The van der Waals surface area contributed by atoms with Crippen molar-refractivity contribution in [2.75, 3.05) is 25.0 Å². The van der Waals surface area contributed by atoms with Crippen molar-refractivity contribution in [1.82, 2.24) is 40.2 Å². The number of nitrogens with one attached hydrogen (secondary N) is 4. The first-order valence-electron chi connectivity index (χ1n) is 20.9. The number of halogens is 2. The Balaban J connectivity index is 1.22. The lowest BCUT2D eigenvalue weighted by Gasteiger charge is -2.41. The van der Waals surface area contributed by atoms with Crippen LogP contribution in [0.3, 0.4) is 0 Å². The van der Waals surface area contributed by atoms with Crippen LogP contribution in [-0.2, 0) is 42.2 Å². The van der Waals surface area contributed by atoms with Crippen LogP contribution in [0.25, 0.3) is 11.0 Å². The molecule has 62 heavy (non-hydrogen) atoms. The van der Waals surface area contributed by atoms with Crippen molar-refractivity contribution in [3.63, 3.8) is 0 Å². The number of anilines is 1. The molecule has 7 rings (SSSR count). The Morgan fingerprint density at radius 1 is 0.935 bits per heavy atom. The van der Waals surface area contributed by atoms with Gasteiger partial charge in [0.25, 0.3) is 0 Å². The number of aliphatic hydroxyl groups excluding tert-OH is 2. The van der Waals surface area contributed by atoms with Crippen LogP contribution in [0.1, 0.15) is 58.4 Å². The third-order valence-electron chi connectivity index (χ3n) is 12.2. The van der Waals surface area contributed by atoms with Gasteiger partial charge in [-0.25, -0.2) is 23.4 Å². The number of cyclic esters (lactones) is 1. The molecule has 20 heteroatoms. The number of hydrogen-bond donors (Lipinski definition) is 6. The minimum Gasteiger partial charge on any atom is -0.459 e. The molecule has 2 aromatic carbocycles. The number of rotatable bonds is 6. The van der Waals surface area contributed by atoms with Gasteiger partial charge in [0.1, 0.15) is 54.2 Å². The van der Waals surface area contributed by atoms with Crippen LogP contribution < -0.4 is 21.3 Å². The monoisotopic (exact) mass is 865 g/mol. The summed E-state index contributed by atoms with van der Waals surface area (Å²) in [5, 5.41) is 33.8. The maximum atomic E-state index is 14.5. The van der Waals surface area contributed by atoms with Crippen molar-refractivity contribution in [1.29, 1.82) is 0 Å². The number of amides is 6. The number of imidazole rings is 1. The van der Waals surface area contributed by atoms with Gasteiger partial charge in [-0.05, 0) is 87.8 Å². The van der Waals surface area contributed by atoms with E-state index in [1.165, 1.54) is 28.5 Å². The predicted octanol–water partition coefficient (Wildman–Crippen LogP) is 0.891. The van der Waals surface area contributed by atoms with Gasteiger partial charge in [-0.15, -0.1) is 0 Å². The zero-order chi connectivity index (χ0) is 44.6. The van der Waals surface area contributed by atoms with Gasteiger partial charge >= 0.3 is 12.0 Å². The second-order valence-corrected chi connectivity index (χ2v) is 17.0. The number of aryl methyl sites for hydroxylation is 1. The lowest BCUT2D eigenvalue weighted by atomic mass is 9.98. The number of urea groups is 1. The second kappa shape index (κ2) is 18.3. The molecule has 0 saturated carbocycles. The number of ether oxygens (including phenoxy) is 1. The molecule has 1 unspecified atom stereocenters. The molecule has 4 aliphatic rings. The van der Waals surface area contributed by atoms with Gasteiger partial charge < -0.3 is 50.6 Å². The molecule has 4 fully saturated rings. The summed E-state index contributed by atoms with van der Waals surface area (Å²) in [5.74, 6) is -5.47. The number of esters is 1. The van der Waals surface area contributed by atoms with E-state index in [1.807, 2.05) is 6.92 Å². The van der Waals surface area contributed by atoms with Gasteiger partial charge in [0.05, 0.1) is 29.5 Å². The summed E-state index contributed by atoms with van der Waals surface area (Å²) < 4.78 is 36.5. The molecule has 10 atom stereocenters. The normalized spacial score (nSPS) is 29.3. The summed E-state index contributed by atoms with van der Waals surface area (Å²) in [4.78, 5) is 92.3. The van der Waals surface area contributed by atoms with Crippen LogP contribution in [0.5, 0.6) is 0 Å². The third kappa shape index (κ3) is 9.51. The lowest BCUT2D eigenvalue weighted by molar-refractivity contribution is -0.166. The van der Waals surface area contributed by atoms with Gasteiger partial charge in [0, 0.05) is 44.9 Å². The van der Waals surface area contributed by atoms with E-state index in [2.05, 4.69) is 26.3 Å². The summed E-state index contributed by atoms with van der Waals surface area (Å²) in [5.41, 5.74) is 1.70. The van der Waals surface area contributed by atoms with Gasteiger partial charge in [-0.1, -0.05) is 6.92 Å². The number of nitrogens with zero attached hydrogens (tertiary/aromatic N) is 5. The molecule has 0 spiro atoms. The summed E-state index contributed by atoms with van der Waals surface area (Å²) in [6, 6.07) is -0.708. The van der Waals surface area contributed by atoms with Crippen LogP contribution in [0, 0.1) is 17.6 Å². The molecular formula is C42H53F2N9O9. The van der Waals surface area contributed by atoms with Crippen LogP contribution >= 0.6 is 0 Å². The van der Waals surface area contributed by atoms with E-state index >= 15 is 0 Å². The molecule has 18 nitrogen and oxygen atoms in total. The molecule has 0 aliphatic carbocycles. The molecule has 5 heterocycles. The van der Waals surface area contributed by atoms with Crippen LogP contribution in [0.15, 0.2) is 42.7 Å². The third-order valence-corrected chi connectivity index (χ3v) is 12.2. The molecular weight excluding hydrogens is 813 g/mol. The highest BCUT2D eigenvalue weighted by Crippen LogP contribution is 2.30. The standard InChI is InChI=1S/C42H53F2N9O9/c1-21-11-34-41(60)62-23(3)35(40(59)53-19-28(54)17-33(53)39(58)51-10-6-5-7-31(51)37(56)46-22(2)38(57)52(34)18-21)49-36(55)30(14-24-12-25(43)15-26(44)13-24)48-42(61)47-27-8-9-29-32(16-27)50(4)20-45-29/h8-9,12-13,15-16,20-23,28,30-31,33-35,40,54,59H,5-7,10-11,14,17-19H2,1-4H3,(H,46,56)(H,49,55)(H2,47,48,61)/t21-,22+,23+,28-,30+,31+,33+,34+,35+,40?/m1/s1. The summed E-state index contributed by atoms with van der Waals surface area (Å²) in [6.45, 7) is 4.89. The fourth-order valence-electron chi connectivity index (χ4n) is 9.11. The summed E-state index contributed by atoms with van der Waals surface area (Å²) >= 11 is 0. The van der Waals surface area contributed by atoms with Gasteiger partial charge in [-0.2, -0.15) is 0 Å². The number of aromatic nitrogens is 2. The lowest BCUT2D eigenvalue weighted by Crippen LogP contribution is -2.64. The topological polar surface area (TPSA) is 228 Å². The Hall–Kier alpha value is -5.73. The highest BCUT2D eigenvalue weighted by Gasteiger charge is 2.49. The quantitative estimate of drug-likeness (QED) is 0.191. The van der Waals surface area contributed by atoms with Crippen molar-refractivity contribution in [3.05, 3.63) is 59.9 Å². The maximum Gasteiger partial charge on any atom is 0.329 e. The largest absolute Gasteiger partial charge is 0.459 e. The van der Waals surface area contributed by atoms with Crippen LogP contribution in [0.4, 0.5) is 19.3 Å². The minimum atomic E-state index is -1.83. The van der Waals surface area contributed by atoms with E-state index in [4.69, 9.17) is 4.74 Å². The first-order valence-corrected chi connectivity index (χ1v) is 20.9. The first kappa shape index (κ1) is 44.3. The highest BCUT2D eigenvalue weighted by atomic mass is 19.1. The number of aliphatic hydroxyl groups is 2. The Morgan fingerprint density at radius 3 is 2.42 bits per heavy atom. The fourth-order valence-corrected chi connectivity index (χ4v) is 9.11. The number of fused-ring (bicyclic) bond motifs is 4. The van der Waals surface area contributed by atoms with E-state index in [1.54, 1.807) is 36.1 Å². The number of carbonyl (C=O) groups excluding carboxylic acids is 6. The van der Waals surface area contributed by atoms with Crippen molar-refractivity contribution < 1.29 is 52.5 Å². The van der Waals surface area contributed by atoms with Gasteiger partial charge in [0.2, 0.25) is 23.6 Å². The van der Waals surface area contributed by atoms with E-state index in [-0.39, 0.29) is 44.0 Å². The second-order valence-electron chi connectivity index (χ2n) is 17.0. The molecule has 4 aliphatic heterocycles. The smallest absolute Gasteiger partial charge is 0.329 e. The number of piperidine rings is 1.